The van der Waals surface area contributed by atoms with E-state index in [0.29, 0.717) is 24.7 Å². The van der Waals surface area contributed by atoms with Crippen LogP contribution in [-0.2, 0) is 9.53 Å². The van der Waals surface area contributed by atoms with Gasteiger partial charge in [0.05, 0.1) is 11.0 Å². The molecule has 2 aromatic carbocycles. The first-order valence-electron chi connectivity index (χ1n) is 11.8. The summed E-state index contributed by atoms with van der Waals surface area (Å²) in [6, 6.07) is 13.2. The summed E-state index contributed by atoms with van der Waals surface area (Å²) in [6.45, 7) is 4.86. The number of rotatable bonds is 7. The van der Waals surface area contributed by atoms with E-state index in [0.717, 1.165) is 55.2 Å². The molecule has 1 saturated carbocycles. The van der Waals surface area contributed by atoms with Crippen molar-refractivity contribution < 1.29 is 14.5 Å². The topological polar surface area (TPSA) is 88.0 Å². The maximum absolute atomic E-state index is 12.6. The van der Waals surface area contributed by atoms with Gasteiger partial charge in [-0.15, -0.1) is 0 Å². The third-order valence-electron chi connectivity index (χ3n) is 6.71. The third-order valence-corrected chi connectivity index (χ3v) is 6.96. The average Bonchev–Trinajstić information content (AvgIpc) is 2.84. The molecule has 0 radical (unpaired) electrons. The van der Waals surface area contributed by atoms with E-state index in [9.17, 15) is 14.9 Å². The fourth-order valence-electron chi connectivity index (χ4n) is 4.71. The molecule has 2 fully saturated rings. The first-order valence-corrected chi connectivity index (χ1v) is 12.2. The van der Waals surface area contributed by atoms with Crippen molar-refractivity contribution in [3.63, 3.8) is 0 Å². The largest absolute Gasteiger partial charge is 0.382 e. The molecule has 2 aliphatic rings. The van der Waals surface area contributed by atoms with E-state index in [4.69, 9.17) is 16.3 Å². The minimum absolute atomic E-state index is 0.0531. The van der Waals surface area contributed by atoms with Crippen LogP contribution in [0, 0.1) is 17.0 Å². The van der Waals surface area contributed by atoms with Crippen LogP contribution >= 0.6 is 11.6 Å². The third kappa shape index (κ3) is 6.18. The zero-order valence-electron chi connectivity index (χ0n) is 19.4. The predicted molar refractivity (Wildman–Crippen MR) is 134 cm³/mol. The molecule has 0 atom stereocenters. The van der Waals surface area contributed by atoms with Gasteiger partial charge in [-0.1, -0.05) is 11.6 Å². The second-order valence-electron chi connectivity index (χ2n) is 9.03. The molecule has 4 rings (SSSR count). The molecule has 1 amide bonds. The van der Waals surface area contributed by atoms with E-state index < -0.39 is 0 Å². The highest BCUT2D eigenvalue weighted by Crippen LogP contribution is 2.27. The monoisotopic (exact) mass is 486 g/mol. The Morgan fingerprint density at radius 1 is 1.09 bits per heavy atom. The second-order valence-corrected chi connectivity index (χ2v) is 9.47. The number of halogens is 1. The lowest BCUT2D eigenvalue weighted by molar-refractivity contribution is -0.385. The number of carbonyl (C=O) groups excluding carboxylic acids is 1. The molecule has 1 aliphatic heterocycles. The molecule has 0 bridgehead atoms. The van der Waals surface area contributed by atoms with Gasteiger partial charge in [-0.3, -0.25) is 14.9 Å². The molecule has 2 aromatic rings. The van der Waals surface area contributed by atoms with Gasteiger partial charge in [0.25, 0.3) is 5.69 Å². The van der Waals surface area contributed by atoms with Crippen molar-refractivity contribution >= 4 is 34.6 Å². The van der Waals surface area contributed by atoms with E-state index >= 15 is 0 Å². The molecular weight excluding hydrogens is 456 g/mol. The van der Waals surface area contributed by atoms with Gasteiger partial charge in [0.15, 0.2) is 0 Å². The van der Waals surface area contributed by atoms with Crippen molar-refractivity contribution in [1.29, 1.82) is 0 Å². The Kier molecular flexibility index (Phi) is 7.90. The molecule has 1 heterocycles. The number of amides is 1. The van der Waals surface area contributed by atoms with Gasteiger partial charge in [0.2, 0.25) is 5.91 Å². The maximum atomic E-state index is 12.6. The van der Waals surface area contributed by atoms with Crippen molar-refractivity contribution in [2.45, 2.75) is 44.8 Å². The minimum atomic E-state index is -0.359. The zero-order valence-corrected chi connectivity index (χ0v) is 20.2. The highest BCUT2D eigenvalue weighted by atomic mass is 35.5. The number of ether oxygens (including phenoxy) is 1. The fourth-order valence-corrected chi connectivity index (χ4v) is 4.83. The molecule has 1 N–H and O–H groups in total. The SMILES string of the molecule is Cc1cc(NC2CCC(OCC(=O)N3CCN(c4ccc(Cl)cc4)CC3)CC2)ccc1[N+](=O)[O-]. The summed E-state index contributed by atoms with van der Waals surface area (Å²) >= 11 is 5.97. The second kappa shape index (κ2) is 11.1. The molecular formula is C25H31ClN4O4. The lowest BCUT2D eigenvalue weighted by Gasteiger charge is -2.36. The van der Waals surface area contributed by atoms with Gasteiger partial charge < -0.3 is 19.9 Å². The first-order chi connectivity index (χ1) is 16.4. The number of aryl methyl sites for hydroxylation is 1. The summed E-state index contributed by atoms with van der Waals surface area (Å²) < 4.78 is 5.96. The van der Waals surface area contributed by atoms with Crippen LogP contribution < -0.4 is 10.2 Å². The number of hydrogen-bond donors (Lipinski definition) is 1. The van der Waals surface area contributed by atoms with Gasteiger partial charge in [-0.05, 0) is 69.0 Å². The first kappa shape index (κ1) is 24.3. The number of nitrogens with one attached hydrogen (secondary N) is 1. The Hall–Kier alpha value is -2.84. The van der Waals surface area contributed by atoms with Crippen molar-refractivity contribution in [3.05, 3.63) is 63.2 Å². The quantitative estimate of drug-likeness (QED) is 0.453. The molecule has 0 unspecified atom stereocenters. The van der Waals surface area contributed by atoms with Crippen LogP contribution in [0.2, 0.25) is 5.02 Å². The van der Waals surface area contributed by atoms with E-state index in [2.05, 4.69) is 10.2 Å². The standard InChI is InChI=1S/C25H31ClN4O4/c1-18-16-21(6-11-24(18)30(32)33)27-20-4-9-23(10-5-20)34-17-25(31)29-14-12-28(13-15-29)22-7-2-19(26)3-8-22/h2-3,6-8,11,16,20,23,27H,4-5,9-10,12-15,17H2,1H3. The zero-order chi connectivity index (χ0) is 24.1. The van der Waals surface area contributed by atoms with Crippen LogP contribution in [0.25, 0.3) is 0 Å². The smallest absolute Gasteiger partial charge is 0.272 e. The maximum Gasteiger partial charge on any atom is 0.272 e. The van der Waals surface area contributed by atoms with Crippen LogP contribution in [0.1, 0.15) is 31.2 Å². The Bertz CT molecular complexity index is 1000. The summed E-state index contributed by atoms with van der Waals surface area (Å²) in [6.07, 6.45) is 3.75. The van der Waals surface area contributed by atoms with E-state index in [1.165, 1.54) is 0 Å². The van der Waals surface area contributed by atoms with Crippen molar-refractivity contribution in [2.24, 2.45) is 0 Å². The van der Waals surface area contributed by atoms with Crippen molar-refractivity contribution in [1.82, 2.24) is 4.90 Å². The van der Waals surface area contributed by atoms with E-state index in [1.807, 2.05) is 35.2 Å². The molecule has 1 saturated heterocycles. The highest BCUT2D eigenvalue weighted by molar-refractivity contribution is 6.30. The summed E-state index contributed by atoms with van der Waals surface area (Å²) in [4.78, 5) is 27.4. The van der Waals surface area contributed by atoms with Crippen LogP contribution in [0.5, 0.6) is 0 Å². The van der Waals surface area contributed by atoms with Crippen LogP contribution in [-0.4, -0.2) is 60.7 Å². The highest BCUT2D eigenvalue weighted by Gasteiger charge is 2.25. The Morgan fingerprint density at radius 2 is 1.76 bits per heavy atom. The van der Waals surface area contributed by atoms with Crippen molar-refractivity contribution in [2.75, 3.05) is 43.0 Å². The number of hydrogen-bond acceptors (Lipinski definition) is 6. The normalized spacial score (nSPS) is 20.8. The minimum Gasteiger partial charge on any atom is -0.382 e. The summed E-state index contributed by atoms with van der Waals surface area (Å²) in [7, 11) is 0. The van der Waals surface area contributed by atoms with Gasteiger partial charge in [-0.2, -0.15) is 0 Å². The number of carbonyl (C=O) groups is 1. The number of nitro benzene ring substituents is 1. The number of anilines is 2. The average molecular weight is 487 g/mol. The van der Waals surface area contributed by atoms with Gasteiger partial charge in [0, 0.05) is 60.2 Å². The summed E-state index contributed by atoms with van der Waals surface area (Å²) in [5.41, 5.74) is 2.82. The Labute approximate surface area is 205 Å². The fraction of sp³-hybridized carbons (Fsp3) is 0.480. The lowest BCUT2D eigenvalue weighted by atomic mass is 9.92. The van der Waals surface area contributed by atoms with Crippen LogP contribution in [0.15, 0.2) is 42.5 Å². The number of nitro groups is 1. The number of benzene rings is 2. The molecule has 34 heavy (non-hydrogen) atoms. The Morgan fingerprint density at radius 3 is 2.38 bits per heavy atom. The van der Waals surface area contributed by atoms with Crippen molar-refractivity contribution in [3.8, 4) is 0 Å². The molecule has 8 nitrogen and oxygen atoms in total. The molecule has 182 valence electrons. The van der Waals surface area contributed by atoms with Gasteiger partial charge in [-0.25, -0.2) is 0 Å². The predicted octanol–water partition coefficient (Wildman–Crippen LogP) is 4.65. The number of piperazine rings is 1. The summed E-state index contributed by atoms with van der Waals surface area (Å²) in [5.74, 6) is 0.0531. The van der Waals surface area contributed by atoms with E-state index in [-0.39, 0.29) is 29.2 Å². The summed E-state index contributed by atoms with van der Waals surface area (Å²) in [5, 5.41) is 15.2. The number of nitrogens with zero attached hydrogens (tertiary/aromatic N) is 3. The molecule has 0 aromatic heterocycles. The van der Waals surface area contributed by atoms with E-state index in [1.54, 1.807) is 19.1 Å². The molecule has 1 aliphatic carbocycles. The molecule has 0 spiro atoms. The lowest BCUT2D eigenvalue weighted by Crippen LogP contribution is -2.50. The molecule has 9 heteroatoms. The van der Waals surface area contributed by atoms with Gasteiger partial charge >= 0.3 is 0 Å². The van der Waals surface area contributed by atoms with Crippen LogP contribution in [0.3, 0.4) is 0 Å². The Balaban J connectivity index is 1.16. The van der Waals surface area contributed by atoms with Gasteiger partial charge in [0.1, 0.15) is 6.61 Å². The van der Waals surface area contributed by atoms with Crippen LogP contribution in [0.4, 0.5) is 17.1 Å².